The summed E-state index contributed by atoms with van der Waals surface area (Å²) in [7, 11) is -1.49. The van der Waals surface area contributed by atoms with E-state index in [9.17, 15) is 22.4 Å². The first-order valence-electron chi connectivity index (χ1n) is 11.3. The molecule has 8 nitrogen and oxygen atoms in total. The van der Waals surface area contributed by atoms with E-state index in [0.29, 0.717) is 22.0 Å². The van der Waals surface area contributed by atoms with Gasteiger partial charge in [0.05, 0.1) is 5.69 Å². The highest BCUT2D eigenvalue weighted by atomic mass is 35.5. The van der Waals surface area contributed by atoms with Gasteiger partial charge >= 0.3 is 10.2 Å². The standard InChI is InChI=1S/C24H31Cl2FN4O4S/c1-6-16(2)28-24(33)17(3)30(14-18-7-8-19(25)13-22(18)26)23(32)15-31(36(34,35)29(4)5)21-11-9-20(27)10-12-21/h7-13,16-17H,6,14-15H2,1-5H3,(H,28,33)/t16-,17+/m1/s1. The SMILES string of the molecule is CC[C@@H](C)NC(=O)[C@H](C)N(Cc1ccc(Cl)cc1Cl)C(=O)CN(c1ccc(F)cc1)S(=O)(=O)N(C)C. The second-order valence-corrected chi connectivity index (χ2v) is 11.4. The number of rotatable bonds is 11. The number of carbonyl (C=O) groups excluding carboxylic acids is 2. The highest BCUT2D eigenvalue weighted by molar-refractivity contribution is 7.90. The van der Waals surface area contributed by atoms with Crippen LogP contribution in [0.2, 0.25) is 10.0 Å². The lowest BCUT2D eigenvalue weighted by molar-refractivity contribution is -0.139. The minimum absolute atomic E-state index is 0.0663. The van der Waals surface area contributed by atoms with E-state index < -0.39 is 40.4 Å². The van der Waals surface area contributed by atoms with Crippen molar-refractivity contribution in [1.29, 1.82) is 0 Å². The van der Waals surface area contributed by atoms with Crippen LogP contribution in [0.4, 0.5) is 10.1 Å². The predicted molar refractivity (Wildman–Crippen MR) is 141 cm³/mol. The first kappa shape index (κ1) is 29.8. The molecule has 0 heterocycles. The van der Waals surface area contributed by atoms with Crippen molar-refractivity contribution in [3.05, 3.63) is 63.9 Å². The van der Waals surface area contributed by atoms with Gasteiger partial charge in [-0.1, -0.05) is 36.2 Å². The maximum Gasteiger partial charge on any atom is 0.304 e. The Morgan fingerprint density at radius 3 is 2.19 bits per heavy atom. The van der Waals surface area contributed by atoms with Gasteiger partial charge in [-0.05, 0) is 62.2 Å². The molecule has 0 saturated heterocycles. The Kier molecular flexibility index (Phi) is 10.5. The van der Waals surface area contributed by atoms with E-state index >= 15 is 0 Å². The van der Waals surface area contributed by atoms with Crippen LogP contribution >= 0.6 is 23.2 Å². The largest absolute Gasteiger partial charge is 0.352 e. The molecule has 2 rings (SSSR count). The van der Waals surface area contributed by atoms with E-state index in [4.69, 9.17) is 23.2 Å². The summed E-state index contributed by atoms with van der Waals surface area (Å²) in [5.41, 5.74) is 0.626. The second kappa shape index (κ2) is 12.7. The third kappa shape index (κ3) is 7.55. The molecule has 12 heteroatoms. The highest BCUT2D eigenvalue weighted by Gasteiger charge is 2.33. The molecule has 198 valence electrons. The number of carbonyl (C=O) groups is 2. The van der Waals surface area contributed by atoms with Crippen molar-refractivity contribution in [3.8, 4) is 0 Å². The summed E-state index contributed by atoms with van der Waals surface area (Å²) in [6, 6.07) is 8.43. The van der Waals surface area contributed by atoms with Crippen LogP contribution < -0.4 is 9.62 Å². The minimum Gasteiger partial charge on any atom is -0.352 e. The molecule has 2 aromatic rings. The summed E-state index contributed by atoms with van der Waals surface area (Å²) in [5, 5.41) is 3.55. The molecule has 2 atom stereocenters. The predicted octanol–water partition coefficient (Wildman–Crippen LogP) is 4.08. The fourth-order valence-electron chi connectivity index (χ4n) is 3.21. The molecular formula is C24H31Cl2FN4O4S. The van der Waals surface area contributed by atoms with Gasteiger partial charge in [0, 0.05) is 36.7 Å². The van der Waals surface area contributed by atoms with Gasteiger partial charge in [0.15, 0.2) is 0 Å². The molecule has 36 heavy (non-hydrogen) atoms. The van der Waals surface area contributed by atoms with Crippen molar-refractivity contribution in [2.45, 2.75) is 45.8 Å². The van der Waals surface area contributed by atoms with Crippen LogP contribution in [0.5, 0.6) is 0 Å². The zero-order valence-corrected chi connectivity index (χ0v) is 23.2. The maximum absolute atomic E-state index is 13.6. The number of hydrogen-bond donors (Lipinski definition) is 1. The summed E-state index contributed by atoms with van der Waals surface area (Å²) in [6.07, 6.45) is 0.689. The van der Waals surface area contributed by atoms with Gasteiger partial charge in [0.2, 0.25) is 11.8 Å². The fraction of sp³-hybridized carbons (Fsp3) is 0.417. The first-order valence-corrected chi connectivity index (χ1v) is 13.4. The van der Waals surface area contributed by atoms with E-state index in [1.54, 1.807) is 19.1 Å². The summed E-state index contributed by atoms with van der Waals surface area (Å²) in [5.74, 6) is -1.60. The summed E-state index contributed by atoms with van der Waals surface area (Å²) in [6.45, 7) is 4.62. The van der Waals surface area contributed by atoms with Gasteiger partial charge in [-0.25, -0.2) is 8.70 Å². The summed E-state index contributed by atoms with van der Waals surface area (Å²) < 4.78 is 41.5. The monoisotopic (exact) mass is 560 g/mol. The second-order valence-electron chi connectivity index (χ2n) is 8.52. The highest BCUT2D eigenvalue weighted by Crippen LogP contribution is 2.25. The molecule has 0 spiro atoms. The number of halogens is 3. The number of nitrogens with one attached hydrogen (secondary N) is 1. The Hall–Kier alpha value is -2.40. The first-order chi connectivity index (χ1) is 16.8. The maximum atomic E-state index is 13.6. The van der Waals surface area contributed by atoms with Crippen molar-refractivity contribution >= 4 is 50.9 Å². The van der Waals surface area contributed by atoms with Gasteiger partial charge in [-0.3, -0.25) is 9.59 Å². The van der Waals surface area contributed by atoms with Gasteiger partial charge in [0.25, 0.3) is 0 Å². The van der Waals surface area contributed by atoms with Crippen molar-refractivity contribution < 1.29 is 22.4 Å². The van der Waals surface area contributed by atoms with Crippen molar-refractivity contribution in [1.82, 2.24) is 14.5 Å². The van der Waals surface area contributed by atoms with Crippen LogP contribution in [-0.4, -0.2) is 62.2 Å². The number of benzene rings is 2. The molecule has 1 N–H and O–H groups in total. The van der Waals surface area contributed by atoms with Crippen LogP contribution in [0.25, 0.3) is 0 Å². The van der Waals surface area contributed by atoms with Gasteiger partial charge < -0.3 is 10.2 Å². The topological polar surface area (TPSA) is 90.0 Å². The molecule has 0 aromatic heterocycles. The summed E-state index contributed by atoms with van der Waals surface area (Å²) in [4.78, 5) is 27.8. The summed E-state index contributed by atoms with van der Waals surface area (Å²) >= 11 is 12.3. The smallest absolute Gasteiger partial charge is 0.304 e. The van der Waals surface area contributed by atoms with Gasteiger partial charge in [-0.2, -0.15) is 12.7 Å². The molecule has 0 aliphatic carbocycles. The Labute approximate surface area is 222 Å². The quantitative estimate of drug-likeness (QED) is 0.448. The molecular weight excluding hydrogens is 530 g/mol. The molecule has 0 unspecified atom stereocenters. The van der Waals surface area contributed by atoms with Gasteiger partial charge in [-0.15, -0.1) is 0 Å². The van der Waals surface area contributed by atoms with Crippen LogP contribution in [0.15, 0.2) is 42.5 Å². The Morgan fingerprint density at radius 2 is 1.67 bits per heavy atom. The lowest BCUT2D eigenvalue weighted by Gasteiger charge is -2.33. The molecule has 0 aliphatic heterocycles. The normalized spacial score (nSPS) is 13.2. The molecule has 0 saturated carbocycles. The van der Waals surface area contributed by atoms with E-state index in [1.165, 1.54) is 37.2 Å². The van der Waals surface area contributed by atoms with Gasteiger partial charge in [0.1, 0.15) is 18.4 Å². The van der Waals surface area contributed by atoms with E-state index in [-0.39, 0.29) is 18.3 Å². The number of anilines is 1. The van der Waals surface area contributed by atoms with E-state index in [2.05, 4.69) is 5.32 Å². The van der Waals surface area contributed by atoms with Crippen LogP contribution in [0.3, 0.4) is 0 Å². The molecule has 0 radical (unpaired) electrons. The van der Waals surface area contributed by atoms with E-state index in [1.807, 2.05) is 13.8 Å². The molecule has 0 fully saturated rings. The Bertz CT molecular complexity index is 1180. The van der Waals surface area contributed by atoms with Crippen molar-refractivity contribution in [2.75, 3.05) is 24.9 Å². The third-order valence-corrected chi connectivity index (χ3v) is 8.06. The van der Waals surface area contributed by atoms with E-state index in [0.717, 1.165) is 20.7 Å². The van der Waals surface area contributed by atoms with Crippen LogP contribution in [0.1, 0.15) is 32.8 Å². The molecule has 2 amide bonds. The Morgan fingerprint density at radius 1 is 1.06 bits per heavy atom. The lowest BCUT2D eigenvalue weighted by atomic mass is 10.1. The zero-order chi connectivity index (χ0) is 27.2. The minimum atomic E-state index is -4.14. The lowest BCUT2D eigenvalue weighted by Crippen LogP contribution is -2.53. The Balaban J connectivity index is 2.48. The third-order valence-electron chi connectivity index (χ3n) is 5.66. The van der Waals surface area contributed by atoms with Crippen LogP contribution in [0, 0.1) is 5.82 Å². The average molecular weight is 562 g/mol. The van der Waals surface area contributed by atoms with Crippen LogP contribution in [-0.2, 0) is 26.3 Å². The fourth-order valence-corrected chi connectivity index (χ4v) is 4.73. The number of amides is 2. The zero-order valence-electron chi connectivity index (χ0n) is 20.8. The molecule has 2 aromatic carbocycles. The number of hydrogen-bond acceptors (Lipinski definition) is 4. The van der Waals surface area contributed by atoms with Crippen molar-refractivity contribution in [2.24, 2.45) is 0 Å². The van der Waals surface area contributed by atoms with Crippen molar-refractivity contribution in [3.63, 3.8) is 0 Å². The molecule has 0 aliphatic rings. The average Bonchev–Trinajstić information content (AvgIpc) is 2.81. The number of nitrogens with zero attached hydrogens (tertiary/aromatic N) is 3. The molecule has 0 bridgehead atoms.